The molecular weight excluding hydrogens is 282 g/mol. The van der Waals surface area contributed by atoms with Crippen molar-refractivity contribution >= 4 is 17.5 Å². The molecule has 0 saturated carbocycles. The standard InChI is InChI=1S/C16H17N3O3/c1-11-4-3-5-12(2)15(11)18-14(20)10-17-16(21)13-6-8-19(22)9-7-13/h3-9H,10H2,1-2H3,(H,17,21)(H,18,20). The molecule has 1 heterocycles. The van der Waals surface area contributed by atoms with Gasteiger partial charge in [0.2, 0.25) is 5.91 Å². The van der Waals surface area contributed by atoms with Gasteiger partial charge in [-0.2, -0.15) is 4.73 Å². The second-order valence-electron chi connectivity index (χ2n) is 4.94. The van der Waals surface area contributed by atoms with E-state index in [2.05, 4.69) is 10.6 Å². The number of amides is 2. The molecule has 2 rings (SSSR count). The topological polar surface area (TPSA) is 85.1 Å². The minimum atomic E-state index is -0.405. The van der Waals surface area contributed by atoms with E-state index in [-0.39, 0.29) is 12.5 Å². The number of hydrogen-bond acceptors (Lipinski definition) is 3. The molecule has 2 aromatic rings. The second kappa shape index (κ2) is 6.71. The number of nitrogens with zero attached hydrogens (tertiary/aromatic N) is 1. The van der Waals surface area contributed by atoms with Crippen LogP contribution in [0.4, 0.5) is 5.69 Å². The molecule has 22 heavy (non-hydrogen) atoms. The minimum Gasteiger partial charge on any atom is -0.619 e. The van der Waals surface area contributed by atoms with Crippen LogP contribution in [0.3, 0.4) is 0 Å². The zero-order chi connectivity index (χ0) is 16.1. The molecule has 0 atom stereocenters. The Labute approximate surface area is 128 Å². The van der Waals surface area contributed by atoms with Gasteiger partial charge in [0.1, 0.15) is 0 Å². The van der Waals surface area contributed by atoms with E-state index in [1.807, 2.05) is 32.0 Å². The highest BCUT2D eigenvalue weighted by atomic mass is 16.5. The highest BCUT2D eigenvalue weighted by Crippen LogP contribution is 2.18. The van der Waals surface area contributed by atoms with Gasteiger partial charge in [-0.05, 0) is 25.0 Å². The van der Waals surface area contributed by atoms with Crippen molar-refractivity contribution in [2.24, 2.45) is 0 Å². The van der Waals surface area contributed by atoms with E-state index in [0.717, 1.165) is 16.8 Å². The van der Waals surface area contributed by atoms with E-state index >= 15 is 0 Å². The van der Waals surface area contributed by atoms with Gasteiger partial charge >= 0.3 is 0 Å². The molecule has 0 spiro atoms. The molecule has 6 nitrogen and oxygen atoms in total. The Morgan fingerprint density at radius 3 is 2.27 bits per heavy atom. The van der Waals surface area contributed by atoms with Gasteiger partial charge in [0, 0.05) is 17.8 Å². The lowest BCUT2D eigenvalue weighted by Gasteiger charge is -2.11. The summed E-state index contributed by atoms with van der Waals surface area (Å²) >= 11 is 0. The van der Waals surface area contributed by atoms with Gasteiger partial charge in [-0.3, -0.25) is 9.59 Å². The Bertz CT molecular complexity index is 676. The summed E-state index contributed by atoms with van der Waals surface area (Å²) in [5.41, 5.74) is 3.01. The maximum Gasteiger partial charge on any atom is 0.252 e. The molecule has 6 heteroatoms. The van der Waals surface area contributed by atoms with Crippen LogP contribution in [0, 0.1) is 19.1 Å². The van der Waals surface area contributed by atoms with Gasteiger partial charge in [0.15, 0.2) is 12.4 Å². The number of carbonyl (C=O) groups is 2. The summed E-state index contributed by atoms with van der Waals surface area (Å²) in [6.07, 6.45) is 2.46. The third kappa shape index (κ3) is 3.82. The molecule has 114 valence electrons. The number of pyridine rings is 1. The Morgan fingerprint density at radius 2 is 1.68 bits per heavy atom. The van der Waals surface area contributed by atoms with E-state index in [1.54, 1.807) is 0 Å². The average Bonchev–Trinajstić information content (AvgIpc) is 2.49. The molecule has 0 radical (unpaired) electrons. The van der Waals surface area contributed by atoms with Crippen molar-refractivity contribution in [1.82, 2.24) is 5.32 Å². The maximum absolute atomic E-state index is 11.9. The zero-order valence-corrected chi connectivity index (χ0v) is 12.4. The van der Waals surface area contributed by atoms with Crippen molar-refractivity contribution in [2.75, 3.05) is 11.9 Å². The van der Waals surface area contributed by atoms with Crippen LogP contribution in [-0.4, -0.2) is 18.4 Å². The van der Waals surface area contributed by atoms with Crippen LogP contribution in [0.1, 0.15) is 21.5 Å². The largest absolute Gasteiger partial charge is 0.619 e. The Kier molecular flexibility index (Phi) is 4.73. The van der Waals surface area contributed by atoms with Crippen molar-refractivity contribution in [1.29, 1.82) is 0 Å². The van der Waals surface area contributed by atoms with Crippen molar-refractivity contribution in [3.8, 4) is 0 Å². The number of hydrogen-bond donors (Lipinski definition) is 2. The molecule has 2 N–H and O–H groups in total. The second-order valence-corrected chi connectivity index (χ2v) is 4.94. The molecule has 2 amide bonds. The number of aromatic nitrogens is 1. The number of para-hydroxylation sites is 1. The van der Waals surface area contributed by atoms with Crippen LogP contribution >= 0.6 is 0 Å². The molecule has 0 aliphatic heterocycles. The van der Waals surface area contributed by atoms with Crippen LogP contribution in [0.5, 0.6) is 0 Å². The fourth-order valence-electron chi connectivity index (χ4n) is 2.02. The van der Waals surface area contributed by atoms with Crippen LogP contribution in [0.15, 0.2) is 42.7 Å². The lowest BCUT2D eigenvalue weighted by Crippen LogP contribution is -2.34. The Hall–Kier alpha value is -2.89. The summed E-state index contributed by atoms with van der Waals surface area (Å²) in [6.45, 7) is 3.67. The highest BCUT2D eigenvalue weighted by Gasteiger charge is 2.10. The predicted molar refractivity (Wildman–Crippen MR) is 82.3 cm³/mol. The molecule has 0 aliphatic carbocycles. The number of carbonyl (C=O) groups excluding carboxylic acids is 2. The minimum absolute atomic E-state index is 0.140. The lowest BCUT2D eigenvalue weighted by atomic mass is 10.1. The first kappa shape index (κ1) is 15.5. The number of rotatable bonds is 4. The van der Waals surface area contributed by atoms with E-state index < -0.39 is 5.91 Å². The van der Waals surface area contributed by atoms with Crippen molar-refractivity contribution < 1.29 is 14.3 Å². The van der Waals surface area contributed by atoms with E-state index in [9.17, 15) is 14.8 Å². The van der Waals surface area contributed by atoms with Gasteiger partial charge in [-0.15, -0.1) is 0 Å². The quantitative estimate of drug-likeness (QED) is 0.659. The van der Waals surface area contributed by atoms with Gasteiger partial charge in [-0.1, -0.05) is 18.2 Å². The van der Waals surface area contributed by atoms with E-state index in [4.69, 9.17) is 0 Å². The zero-order valence-electron chi connectivity index (χ0n) is 12.4. The molecular formula is C16H17N3O3. The van der Waals surface area contributed by atoms with E-state index in [1.165, 1.54) is 24.5 Å². The summed E-state index contributed by atoms with van der Waals surface area (Å²) in [4.78, 5) is 23.8. The number of anilines is 1. The molecule has 0 bridgehead atoms. The van der Waals surface area contributed by atoms with Crippen molar-refractivity contribution in [2.45, 2.75) is 13.8 Å². The lowest BCUT2D eigenvalue weighted by molar-refractivity contribution is -0.605. The summed E-state index contributed by atoms with van der Waals surface area (Å²) in [7, 11) is 0. The van der Waals surface area contributed by atoms with Crippen molar-refractivity contribution in [3.05, 3.63) is 64.6 Å². The fraction of sp³-hybridized carbons (Fsp3) is 0.188. The third-order valence-electron chi connectivity index (χ3n) is 3.22. The van der Waals surface area contributed by atoms with Crippen LogP contribution in [0.2, 0.25) is 0 Å². The molecule has 0 fully saturated rings. The number of benzene rings is 1. The van der Waals surface area contributed by atoms with E-state index in [0.29, 0.717) is 10.3 Å². The summed E-state index contributed by atoms with van der Waals surface area (Å²) < 4.78 is 0.588. The van der Waals surface area contributed by atoms with Crippen LogP contribution < -0.4 is 15.4 Å². The smallest absolute Gasteiger partial charge is 0.252 e. The maximum atomic E-state index is 11.9. The Morgan fingerprint density at radius 1 is 1.09 bits per heavy atom. The third-order valence-corrected chi connectivity index (χ3v) is 3.22. The van der Waals surface area contributed by atoms with Gasteiger partial charge in [0.05, 0.1) is 12.1 Å². The number of aryl methyl sites for hydroxylation is 2. The summed E-state index contributed by atoms with van der Waals surface area (Å²) in [5.74, 6) is -0.710. The first-order valence-electron chi connectivity index (χ1n) is 6.80. The SMILES string of the molecule is Cc1cccc(C)c1NC(=O)CNC(=O)c1cc[n+]([O-])cc1. The van der Waals surface area contributed by atoms with Gasteiger partial charge in [-0.25, -0.2) is 0 Å². The first-order valence-corrected chi connectivity index (χ1v) is 6.80. The fourth-order valence-corrected chi connectivity index (χ4v) is 2.02. The Balaban J connectivity index is 1.93. The van der Waals surface area contributed by atoms with Gasteiger partial charge < -0.3 is 15.8 Å². The average molecular weight is 299 g/mol. The van der Waals surface area contributed by atoms with Gasteiger partial charge in [0.25, 0.3) is 5.91 Å². The normalized spacial score (nSPS) is 10.1. The first-order chi connectivity index (χ1) is 10.5. The monoisotopic (exact) mass is 299 g/mol. The molecule has 0 aliphatic rings. The predicted octanol–water partition coefficient (Wildman–Crippen LogP) is 1.31. The number of nitrogens with one attached hydrogen (secondary N) is 2. The van der Waals surface area contributed by atoms with Crippen molar-refractivity contribution in [3.63, 3.8) is 0 Å². The molecule has 1 aromatic carbocycles. The molecule has 1 aromatic heterocycles. The molecule has 0 saturated heterocycles. The summed E-state index contributed by atoms with van der Waals surface area (Å²) in [6, 6.07) is 8.52. The highest BCUT2D eigenvalue weighted by molar-refractivity contribution is 5.99. The summed E-state index contributed by atoms with van der Waals surface area (Å²) in [5, 5.41) is 16.2. The van der Waals surface area contributed by atoms with Crippen LogP contribution in [0.25, 0.3) is 0 Å². The molecule has 0 unspecified atom stereocenters. The van der Waals surface area contributed by atoms with Crippen LogP contribution in [-0.2, 0) is 4.79 Å².